The molecule has 0 aromatic carbocycles. The Bertz CT molecular complexity index is 529. The van der Waals surface area contributed by atoms with Crippen LogP contribution in [0.25, 0.3) is 0 Å². The van der Waals surface area contributed by atoms with Crippen LogP contribution in [0, 0.1) is 11.8 Å². The van der Waals surface area contributed by atoms with Crippen LogP contribution < -0.4 is 0 Å². The topological polar surface area (TPSA) is 37.4 Å². The Labute approximate surface area is 159 Å². The van der Waals surface area contributed by atoms with Crippen molar-refractivity contribution < 1.29 is 27.2 Å². The molecule has 0 aromatic rings. The molecule has 12 heteroatoms. The number of alkyl halides is 4. The fraction of sp³-hybridized carbons (Fsp3) is 0.500. The molecule has 2 aliphatic rings. The number of nitrogens with zero attached hydrogens (tertiary/aromatic N) is 1. The standard InChI is InChI=1S/C10H9Cl4NO2S.C2F4/c11-9(12)10(13,14)18-15-7(16)5-3-1-2-4-6(5)8(15)17;3-1(4)2(5)6/h1-2,5-6,9H,3-4H2;. The number of halogens is 8. The van der Waals surface area contributed by atoms with Crippen molar-refractivity contribution in [3.63, 3.8) is 0 Å². The van der Waals surface area contributed by atoms with Gasteiger partial charge in [-0.25, -0.2) is 4.31 Å². The van der Waals surface area contributed by atoms with Crippen molar-refractivity contribution in [1.82, 2.24) is 4.31 Å². The summed E-state index contributed by atoms with van der Waals surface area (Å²) in [5.41, 5.74) is 0. The normalized spacial score (nSPS) is 23.1. The Morgan fingerprint density at radius 1 is 1.04 bits per heavy atom. The zero-order valence-electron chi connectivity index (χ0n) is 11.5. The molecule has 1 heterocycles. The van der Waals surface area contributed by atoms with Crippen molar-refractivity contribution in [2.24, 2.45) is 11.8 Å². The molecule has 2 atom stereocenters. The van der Waals surface area contributed by atoms with Crippen molar-refractivity contribution >= 4 is 70.2 Å². The molecule has 136 valence electrons. The fourth-order valence-corrected chi connectivity index (χ4v) is 3.45. The first kappa shape index (κ1) is 21.9. The van der Waals surface area contributed by atoms with Gasteiger partial charge in [0.15, 0.2) is 4.84 Å². The van der Waals surface area contributed by atoms with Crippen LogP contribution in [0.4, 0.5) is 17.6 Å². The third kappa shape index (κ3) is 5.42. The van der Waals surface area contributed by atoms with Crippen molar-refractivity contribution in [1.29, 1.82) is 0 Å². The average molecular weight is 449 g/mol. The Morgan fingerprint density at radius 3 is 1.71 bits per heavy atom. The first-order valence-electron chi connectivity index (χ1n) is 6.23. The minimum absolute atomic E-state index is 0.279. The molecule has 3 nitrogen and oxygen atoms in total. The molecule has 0 N–H and O–H groups in total. The second-order valence-corrected chi connectivity index (χ2v) is 8.72. The first-order chi connectivity index (χ1) is 11.0. The van der Waals surface area contributed by atoms with Gasteiger partial charge < -0.3 is 0 Å². The van der Waals surface area contributed by atoms with Crippen molar-refractivity contribution in [2.45, 2.75) is 21.3 Å². The number of allylic oxidation sites excluding steroid dienone is 2. The summed E-state index contributed by atoms with van der Waals surface area (Å²) in [5, 5.41) is 0. The van der Waals surface area contributed by atoms with E-state index in [0.717, 1.165) is 4.31 Å². The highest BCUT2D eigenvalue weighted by Crippen LogP contribution is 2.48. The third-order valence-electron chi connectivity index (χ3n) is 3.08. The highest BCUT2D eigenvalue weighted by Gasteiger charge is 2.51. The Balaban J connectivity index is 0.000000413. The number of hydrogen-bond acceptors (Lipinski definition) is 3. The summed E-state index contributed by atoms with van der Waals surface area (Å²) in [5.74, 6) is -1.19. The Morgan fingerprint density at radius 2 is 1.42 bits per heavy atom. The van der Waals surface area contributed by atoms with Crippen molar-refractivity contribution in [3.05, 3.63) is 24.3 Å². The van der Waals surface area contributed by atoms with Gasteiger partial charge in [0.25, 0.3) is 0 Å². The van der Waals surface area contributed by atoms with Crippen LogP contribution in [0.1, 0.15) is 12.8 Å². The van der Waals surface area contributed by atoms with Gasteiger partial charge in [-0.05, 0) is 12.8 Å². The third-order valence-corrected chi connectivity index (χ3v) is 6.31. The van der Waals surface area contributed by atoms with E-state index in [9.17, 15) is 27.2 Å². The second kappa shape index (κ2) is 8.98. The number of carbonyl (C=O) groups is 2. The molecule has 1 saturated heterocycles. The molecule has 1 fully saturated rings. The van der Waals surface area contributed by atoms with Gasteiger partial charge in [0.2, 0.25) is 15.5 Å². The minimum atomic E-state index is -2.91. The van der Waals surface area contributed by atoms with Crippen molar-refractivity contribution in [2.75, 3.05) is 0 Å². The highest BCUT2D eigenvalue weighted by atomic mass is 35.5. The summed E-state index contributed by atoms with van der Waals surface area (Å²) in [7, 11) is 0. The lowest BCUT2D eigenvalue weighted by molar-refractivity contribution is -0.133. The van der Waals surface area contributed by atoms with E-state index in [1.165, 1.54) is 0 Å². The maximum atomic E-state index is 12.1. The van der Waals surface area contributed by atoms with Crippen LogP contribution >= 0.6 is 58.4 Å². The van der Waals surface area contributed by atoms with Crippen LogP contribution in [-0.4, -0.2) is 24.6 Å². The quantitative estimate of drug-likeness (QED) is 0.188. The van der Waals surface area contributed by atoms with Crippen LogP contribution in [-0.2, 0) is 9.59 Å². The summed E-state index contributed by atoms with van der Waals surface area (Å²) in [6, 6.07) is 0. The maximum Gasteiger partial charge on any atom is 0.334 e. The number of carbonyl (C=O) groups excluding carboxylic acids is 2. The fourth-order valence-electron chi connectivity index (χ4n) is 2.02. The summed E-state index contributed by atoms with van der Waals surface area (Å²) in [4.78, 5) is 23.1. The van der Waals surface area contributed by atoms with Gasteiger partial charge in [-0.15, -0.1) is 23.2 Å². The molecule has 24 heavy (non-hydrogen) atoms. The zero-order chi connectivity index (χ0) is 18.7. The van der Waals surface area contributed by atoms with E-state index in [2.05, 4.69) is 0 Å². The van der Waals surface area contributed by atoms with Gasteiger partial charge in [0.05, 0.1) is 11.8 Å². The van der Waals surface area contributed by atoms with Crippen LogP contribution in [0.3, 0.4) is 0 Å². The van der Waals surface area contributed by atoms with Gasteiger partial charge in [0.1, 0.15) is 0 Å². The van der Waals surface area contributed by atoms with Gasteiger partial charge >= 0.3 is 12.2 Å². The summed E-state index contributed by atoms with van der Waals surface area (Å²) < 4.78 is 40.5. The van der Waals surface area contributed by atoms with Gasteiger partial charge in [-0.2, -0.15) is 17.6 Å². The molecule has 0 spiro atoms. The predicted molar refractivity (Wildman–Crippen MR) is 86.2 cm³/mol. The molecule has 0 aromatic heterocycles. The number of amides is 2. The van der Waals surface area contributed by atoms with E-state index in [1.54, 1.807) is 0 Å². The first-order valence-corrected chi connectivity index (χ1v) is 8.63. The molecule has 0 bridgehead atoms. The lowest BCUT2D eigenvalue weighted by Gasteiger charge is -2.24. The van der Waals surface area contributed by atoms with Crippen molar-refractivity contribution in [3.8, 4) is 0 Å². The second-order valence-electron chi connectivity index (χ2n) is 4.60. The van der Waals surface area contributed by atoms with E-state index >= 15 is 0 Å². The largest absolute Gasteiger partial charge is 0.334 e. The van der Waals surface area contributed by atoms with Gasteiger partial charge in [0, 0.05) is 11.9 Å². The summed E-state index contributed by atoms with van der Waals surface area (Å²) in [6.45, 7) is 0. The van der Waals surface area contributed by atoms with E-state index in [1.807, 2.05) is 12.2 Å². The molecule has 1 aliphatic carbocycles. The predicted octanol–water partition coefficient (Wildman–Crippen LogP) is 5.51. The molecule has 2 unspecified atom stereocenters. The van der Waals surface area contributed by atoms with Crippen LogP contribution in [0.15, 0.2) is 24.3 Å². The minimum Gasteiger partial charge on any atom is -0.273 e. The molecule has 0 radical (unpaired) electrons. The molecular weight excluding hydrogens is 440 g/mol. The number of hydrogen-bond donors (Lipinski definition) is 0. The SMILES string of the molecule is FC(F)=C(F)F.O=C1C2CC=CCC2C(=O)N1SC(Cl)(Cl)C(Cl)Cl. The average Bonchev–Trinajstić information content (AvgIpc) is 2.73. The molecular formula is C12H9Cl4F4NO2S. The lowest BCUT2D eigenvalue weighted by atomic mass is 9.85. The Hall–Kier alpha value is -0.150. The van der Waals surface area contributed by atoms with Crippen LogP contribution in [0.5, 0.6) is 0 Å². The molecule has 0 saturated carbocycles. The summed E-state index contributed by atoms with van der Waals surface area (Å²) >= 11 is 23.7. The highest BCUT2D eigenvalue weighted by molar-refractivity contribution is 8.02. The van der Waals surface area contributed by atoms with Crippen LogP contribution in [0.2, 0.25) is 0 Å². The van der Waals surface area contributed by atoms with Gasteiger partial charge in [-0.1, -0.05) is 35.4 Å². The zero-order valence-corrected chi connectivity index (χ0v) is 15.3. The monoisotopic (exact) mass is 447 g/mol. The smallest absolute Gasteiger partial charge is 0.273 e. The number of imide groups is 1. The maximum absolute atomic E-state index is 12.1. The molecule has 1 aliphatic heterocycles. The number of rotatable bonds is 3. The van der Waals surface area contributed by atoms with E-state index in [0.29, 0.717) is 24.8 Å². The lowest BCUT2D eigenvalue weighted by Crippen LogP contribution is -2.31. The molecule has 2 rings (SSSR count). The Kier molecular flexibility index (Phi) is 8.19. The number of fused-ring (bicyclic) bond motifs is 1. The van der Waals surface area contributed by atoms with Gasteiger partial charge in [-0.3, -0.25) is 9.59 Å². The van der Waals surface area contributed by atoms with E-state index in [4.69, 9.17) is 46.4 Å². The summed E-state index contributed by atoms with van der Waals surface area (Å²) in [6.07, 6.45) is -0.878. The van der Waals surface area contributed by atoms with E-state index in [-0.39, 0.29) is 23.7 Å². The van der Waals surface area contributed by atoms with E-state index < -0.39 is 20.7 Å². The molecule has 2 amide bonds.